The lowest BCUT2D eigenvalue weighted by Gasteiger charge is -2.03. The minimum atomic E-state index is -3.78. The summed E-state index contributed by atoms with van der Waals surface area (Å²) in [5.74, 6) is -1.16. The van der Waals surface area contributed by atoms with Gasteiger partial charge in [-0.25, -0.2) is 22.9 Å². The van der Waals surface area contributed by atoms with Crippen LogP contribution >= 0.6 is 38.6 Å². The van der Waals surface area contributed by atoms with Crippen LogP contribution < -0.4 is 4.72 Å². The number of thiophene rings is 1. The van der Waals surface area contributed by atoms with Gasteiger partial charge in [-0.1, -0.05) is 0 Å². The molecule has 2 heterocycles. The zero-order valence-corrected chi connectivity index (χ0v) is 14.1. The molecule has 0 unspecified atom stereocenters. The van der Waals surface area contributed by atoms with Crippen LogP contribution in [-0.4, -0.2) is 24.5 Å². The fraction of sp³-hybridized carbons (Fsp3) is 0.200. The first-order valence-electron chi connectivity index (χ1n) is 5.23. The zero-order valence-electron chi connectivity index (χ0n) is 10.1. The Morgan fingerprint density at radius 1 is 1.55 bits per heavy atom. The summed E-state index contributed by atoms with van der Waals surface area (Å²) in [6, 6.07) is 1.13. The lowest BCUT2D eigenvalue weighted by Crippen LogP contribution is -2.23. The summed E-state index contributed by atoms with van der Waals surface area (Å²) in [5, 5.41) is 11.3. The Balaban J connectivity index is 2.20. The first-order valence-corrected chi connectivity index (χ1v) is 9.20. The third kappa shape index (κ3) is 3.44. The SMILES string of the molecule is Cc1csc(CNS(=O)(=O)c2cc(C(=O)O)sc2Br)n1. The van der Waals surface area contributed by atoms with Crippen molar-refractivity contribution in [2.75, 3.05) is 0 Å². The van der Waals surface area contributed by atoms with Crippen molar-refractivity contribution in [2.24, 2.45) is 0 Å². The highest BCUT2D eigenvalue weighted by molar-refractivity contribution is 9.11. The van der Waals surface area contributed by atoms with Crippen LogP contribution in [0.1, 0.15) is 20.4 Å². The second-order valence-electron chi connectivity index (χ2n) is 3.76. The van der Waals surface area contributed by atoms with Crippen LogP contribution in [0.3, 0.4) is 0 Å². The Morgan fingerprint density at radius 2 is 2.25 bits per heavy atom. The number of nitrogens with one attached hydrogen (secondary N) is 1. The van der Waals surface area contributed by atoms with Gasteiger partial charge in [0.15, 0.2) is 0 Å². The molecule has 0 amide bonds. The average Bonchev–Trinajstić information content (AvgIpc) is 2.93. The standard InChI is InChI=1S/C10H9BrN2O4S3/c1-5-4-18-8(13-5)3-12-20(16,17)7-2-6(10(14)15)19-9(7)11/h2,4,12H,3H2,1H3,(H,14,15). The Hall–Kier alpha value is -0.810. The highest BCUT2D eigenvalue weighted by atomic mass is 79.9. The summed E-state index contributed by atoms with van der Waals surface area (Å²) in [6.45, 7) is 1.90. The molecule has 0 fully saturated rings. The number of aryl methyl sites for hydroxylation is 1. The molecule has 6 nitrogen and oxygen atoms in total. The molecule has 108 valence electrons. The summed E-state index contributed by atoms with van der Waals surface area (Å²) in [6.07, 6.45) is 0. The minimum Gasteiger partial charge on any atom is -0.477 e. The van der Waals surface area contributed by atoms with Gasteiger partial charge in [-0.3, -0.25) is 0 Å². The van der Waals surface area contributed by atoms with Crippen molar-refractivity contribution in [3.05, 3.63) is 30.8 Å². The maximum atomic E-state index is 12.1. The van der Waals surface area contributed by atoms with Gasteiger partial charge in [-0.15, -0.1) is 22.7 Å². The first-order chi connectivity index (χ1) is 9.29. The third-order valence-corrected chi connectivity index (χ3v) is 6.84. The van der Waals surface area contributed by atoms with Crippen molar-refractivity contribution >= 4 is 54.6 Å². The zero-order chi connectivity index (χ0) is 14.9. The number of aromatic nitrogens is 1. The van der Waals surface area contributed by atoms with E-state index in [4.69, 9.17) is 5.11 Å². The van der Waals surface area contributed by atoms with Crippen LogP contribution in [0.15, 0.2) is 20.1 Å². The molecule has 0 aliphatic carbocycles. The lowest BCUT2D eigenvalue weighted by molar-refractivity contribution is 0.0702. The van der Waals surface area contributed by atoms with Crippen LogP contribution in [0.4, 0.5) is 0 Å². The van der Waals surface area contributed by atoms with Crippen LogP contribution in [0.5, 0.6) is 0 Å². The molecule has 0 aromatic carbocycles. The van der Waals surface area contributed by atoms with Gasteiger partial charge in [0, 0.05) is 11.1 Å². The van der Waals surface area contributed by atoms with Gasteiger partial charge < -0.3 is 5.11 Å². The second kappa shape index (κ2) is 5.90. The molecule has 0 aliphatic rings. The van der Waals surface area contributed by atoms with E-state index in [-0.39, 0.29) is 20.1 Å². The number of nitrogens with zero attached hydrogens (tertiary/aromatic N) is 1. The molecule has 0 radical (unpaired) electrons. The molecule has 0 atom stereocenters. The largest absolute Gasteiger partial charge is 0.477 e. The van der Waals surface area contributed by atoms with Gasteiger partial charge in [0.05, 0.1) is 10.3 Å². The van der Waals surface area contributed by atoms with E-state index in [2.05, 4.69) is 25.6 Å². The van der Waals surface area contributed by atoms with Crippen LogP contribution in [-0.2, 0) is 16.6 Å². The Kier molecular flexibility index (Phi) is 4.59. The van der Waals surface area contributed by atoms with Crippen molar-refractivity contribution in [1.29, 1.82) is 0 Å². The van der Waals surface area contributed by atoms with Gasteiger partial charge in [0.2, 0.25) is 10.0 Å². The summed E-state index contributed by atoms with van der Waals surface area (Å²) in [7, 11) is -3.78. The van der Waals surface area contributed by atoms with Crippen LogP contribution in [0.2, 0.25) is 0 Å². The molecule has 20 heavy (non-hydrogen) atoms. The van der Waals surface area contributed by atoms with E-state index < -0.39 is 16.0 Å². The number of hydrogen-bond donors (Lipinski definition) is 2. The van der Waals surface area contributed by atoms with E-state index in [1.165, 1.54) is 11.3 Å². The monoisotopic (exact) mass is 396 g/mol. The summed E-state index contributed by atoms with van der Waals surface area (Å²) >= 11 is 5.29. The smallest absolute Gasteiger partial charge is 0.345 e. The second-order valence-corrected chi connectivity index (χ2v) is 8.81. The molecule has 0 aliphatic heterocycles. The van der Waals surface area contributed by atoms with Crippen molar-refractivity contribution in [3.8, 4) is 0 Å². The fourth-order valence-electron chi connectivity index (χ4n) is 1.36. The highest BCUT2D eigenvalue weighted by Gasteiger charge is 2.23. The molecule has 2 N–H and O–H groups in total. The molecule has 2 aromatic rings. The lowest BCUT2D eigenvalue weighted by atomic mass is 10.5. The topological polar surface area (TPSA) is 96.4 Å². The van der Waals surface area contributed by atoms with E-state index >= 15 is 0 Å². The molecule has 10 heteroatoms. The number of aromatic carboxylic acids is 1. The normalized spacial score (nSPS) is 11.7. The Labute approximate surface area is 131 Å². The minimum absolute atomic E-state index is 0.0395. The van der Waals surface area contributed by atoms with Crippen LogP contribution in [0, 0.1) is 6.92 Å². The molecular weight excluding hydrogens is 388 g/mol. The van der Waals surface area contributed by atoms with Crippen molar-refractivity contribution in [3.63, 3.8) is 0 Å². The molecule has 2 aromatic heterocycles. The van der Waals surface area contributed by atoms with Gasteiger partial charge in [0.1, 0.15) is 14.8 Å². The Bertz CT molecular complexity index is 750. The number of sulfonamides is 1. The quantitative estimate of drug-likeness (QED) is 0.808. The van der Waals surface area contributed by atoms with E-state index in [0.717, 1.165) is 23.1 Å². The van der Waals surface area contributed by atoms with E-state index in [1.807, 2.05) is 12.3 Å². The molecule has 0 saturated heterocycles. The van der Waals surface area contributed by atoms with Crippen molar-refractivity contribution < 1.29 is 18.3 Å². The Morgan fingerprint density at radius 3 is 2.75 bits per heavy atom. The van der Waals surface area contributed by atoms with Crippen LogP contribution in [0.25, 0.3) is 0 Å². The fourth-order valence-corrected chi connectivity index (χ4v) is 5.55. The number of carbonyl (C=O) groups is 1. The maximum Gasteiger partial charge on any atom is 0.345 e. The van der Waals surface area contributed by atoms with Gasteiger partial charge in [-0.2, -0.15) is 0 Å². The maximum absolute atomic E-state index is 12.1. The predicted octanol–water partition coefficient (Wildman–Crippen LogP) is 2.45. The number of carboxylic acids is 1. The molecular formula is C10H9BrN2O4S3. The van der Waals surface area contributed by atoms with E-state index in [0.29, 0.717) is 5.01 Å². The highest BCUT2D eigenvalue weighted by Crippen LogP contribution is 2.31. The van der Waals surface area contributed by atoms with Gasteiger partial charge in [0.25, 0.3) is 0 Å². The van der Waals surface area contributed by atoms with E-state index in [9.17, 15) is 13.2 Å². The molecule has 2 rings (SSSR count). The summed E-state index contributed by atoms with van der Waals surface area (Å²) < 4.78 is 26.9. The number of thiazole rings is 1. The molecule has 0 saturated carbocycles. The van der Waals surface area contributed by atoms with Crippen molar-refractivity contribution in [2.45, 2.75) is 18.4 Å². The third-order valence-electron chi connectivity index (χ3n) is 2.24. The first kappa shape index (κ1) is 15.6. The average molecular weight is 397 g/mol. The number of carboxylic acid groups (broad SMARTS) is 1. The molecule has 0 bridgehead atoms. The number of hydrogen-bond acceptors (Lipinski definition) is 6. The van der Waals surface area contributed by atoms with Crippen molar-refractivity contribution in [1.82, 2.24) is 9.71 Å². The number of halogens is 1. The number of rotatable bonds is 5. The summed E-state index contributed by atoms with van der Waals surface area (Å²) in [5.41, 5.74) is 0.828. The summed E-state index contributed by atoms with van der Waals surface area (Å²) in [4.78, 5) is 14.9. The van der Waals surface area contributed by atoms with E-state index in [1.54, 1.807) is 0 Å². The van der Waals surface area contributed by atoms with Gasteiger partial charge >= 0.3 is 5.97 Å². The van der Waals surface area contributed by atoms with Gasteiger partial charge in [-0.05, 0) is 28.9 Å². The molecule has 0 spiro atoms. The predicted molar refractivity (Wildman–Crippen MR) is 79.9 cm³/mol.